The fourth-order valence-corrected chi connectivity index (χ4v) is 2.48. The first-order valence-electron chi connectivity index (χ1n) is 6.78. The molecular weight excluding hydrogens is 242 g/mol. The zero-order valence-electron chi connectivity index (χ0n) is 11.8. The molecule has 0 spiro atoms. The van der Waals surface area contributed by atoms with E-state index >= 15 is 0 Å². The summed E-state index contributed by atoms with van der Waals surface area (Å²) in [5.74, 6) is 0.823. The highest BCUT2D eigenvalue weighted by atomic mass is 16.5. The summed E-state index contributed by atoms with van der Waals surface area (Å²) in [6, 6.07) is 0. The average molecular weight is 265 g/mol. The third-order valence-electron chi connectivity index (χ3n) is 3.57. The first-order chi connectivity index (χ1) is 9.11. The maximum atomic E-state index is 9.54. The average Bonchev–Trinajstić information content (AvgIpc) is 2.65. The van der Waals surface area contributed by atoms with E-state index in [-0.39, 0.29) is 6.10 Å². The summed E-state index contributed by atoms with van der Waals surface area (Å²) in [4.78, 5) is 2.34. The Morgan fingerprint density at radius 2 is 2.16 bits per heavy atom. The lowest BCUT2D eigenvalue weighted by molar-refractivity contribution is 0.0787. The van der Waals surface area contributed by atoms with Crippen LogP contribution < -0.4 is 4.74 Å². The van der Waals surface area contributed by atoms with Crippen LogP contribution in [0.15, 0.2) is 12.7 Å². The van der Waals surface area contributed by atoms with E-state index in [9.17, 15) is 5.11 Å². The van der Waals surface area contributed by atoms with Gasteiger partial charge < -0.3 is 9.84 Å². The zero-order chi connectivity index (χ0) is 13.8. The predicted molar refractivity (Wildman–Crippen MR) is 74.2 cm³/mol. The highest BCUT2D eigenvalue weighted by Gasteiger charge is 2.21. The van der Waals surface area contributed by atoms with Crippen LogP contribution in [0.2, 0.25) is 0 Å². The van der Waals surface area contributed by atoms with Gasteiger partial charge in [-0.15, -0.1) is 0 Å². The molecule has 19 heavy (non-hydrogen) atoms. The van der Waals surface area contributed by atoms with Crippen molar-refractivity contribution in [3.63, 3.8) is 0 Å². The Bertz CT molecular complexity index is 434. The number of aliphatic hydroxyl groups is 1. The Kier molecular flexibility index (Phi) is 4.61. The summed E-state index contributed by atoms with van der Waals surface area (Å²) in [5.41, 5.74) is 2.15. The molecule has 1 N–H and O–H groups in total. The van der Waals surface area contributed by atoms with Gasteiger partial charge in [-0.2, -0.15) is 5.10 Å². The van der Waals surface area contributed by atoms with Crippen molar-refractivity contribution in [3.8, 4) is 5.88 Å². The molecule has 1 saturated heterocycles. The van der Waals surface area contributed by atoms with E-state index in [2.05, 4.69) is 16.6 Å². The van der Waals surface area contributed by atoms with Crippen LogP contribution in [0, 0.1) is 6.92 Å². The maximum Gasteiger partial charge on any atom is 0.216 e. The van der Waals surface area contributed by atoms with Crippen LogP contribution in [0.5, 0.6) is 5.88 Å². The summed E-state index contributed by atoms with van der Waals surface area (Å²) in [6.07, 6.45) is 3.30. The van der Waals surface area contributed by atoms with Gasteiger partial charge in [0.2, 0.25) is 5.88 Å². The quantitative estimate of drug-likeness (QED) is 0.814. The van der Waals surface area contributed by atoms with Crippen LogP contribution in [-0.4, -0.2) is 45.6 Å². The molecule has 106 valence electrons. The van der Waals surface area contributed by atoms with E-state index in [4.69, 9.17) is 4.74 Å². The number of aliphatic hydroxyl groups excluding tert-OH is 1. The molecule has 0 aliphatic carbocycles. The molecular formula is C14H23N3O2. The van der Waals surface area contributed by atoms with Gasteiger partial charge in [0.1, 0.15) is 6.61 Å². The monoisotopic (exact) mass is 265 g/mol. The molecule has 0 radical (unpaired) electrons. The normalized spacial score (nSPS) is 17.6. The SMILES string of the molecule is C=CCOc1c(CN2CCC(O)CC2)c(C)nn1C. The van der Waals surface area contributed by atoms with Gasteiger partial charge in [-0.25, -0.2) is 4.68 Å². The summed E-state index contributed by atoms with van der Waals surface area (Å²) in [6.45, 7) is 8.86. The van der Waals surface area contributed by atoms with E-state index in [0.717, 1.165) is 49.6 Å². The molecule has 1 aromatic heterocycles. The number of nitrogens with zero attached hydrogens (tertiary/aromatic N) is 3. The molecule has 1 aliphatic heterocycles. The smallest absolute Gasteiger partial charge is 0.216 e. The Balaban J connectivity index is 2.08. The maximum absolute atomic E-state index is 9.54. The fraction of sp³-hybridized carbons (Fsp3) is 0.643. The van der Waals surface area contributed by atoms with Crippen molar-refractivity contribution in [3.05, 3.63) is 23.9 Å². The van der Waals surface area contributed by atoms with E-state index in [1.165, 1.54) is 0 Å². The van der Waals surface area contributed by atoms with Crippen molar-refractivity contribution in [1.29, 1.82) is 0 Å². The molecule has 0 atom stereocenters. The highest BCUT2D eigenvalue weighted by molar-refractivity contribution is 5.31. The molecule has 1 aromatic rings. The van der Waals surface area contributed by atoms with E-state index in [0.29, 0.717) is 6.61 Å². The minimum absolute atomic E-state index is 0.136. The van der Waals surface area contributed by atoms with Crippen LogP contribution in [0.4, 0.5) is 0 Å². The summed E-state index contributed by atoms with van der Waals surface area (Å²) in [7, 11) is 1.90. The number of ether oxygens (including phenoxy) is 1. The second-order valence-electron chi connectivity index (χ2n) is 5.10. The number of aromatic nitrogens is 2. The number of hydrogen-bond donors (Lipinski definition) is 1. The number of likely N-dealkylation sites (tertiary alicyclic amines) is 1. The topological polar surface area (TPSA) is 50.5 Å². The van der Waals surface area contributed by atoms with Gasteiger partial charge in [-0.1, -0.05) is 12.7 Å². The lowest BCUT2D eigenvalue weighted by atomic mass is 10.1. The Hall–Kier alpha value is -1.33. The van der Waals surface area contributed by atoms with Gasteiger partial charge in [-0.05, 0) is 19.8 Å². The van der Waals surface area contributed by atoms with E-state index in [1.807, 2.05) is 14.0 Å². The Morgan fingerprint density at radius 1 is 1.47 bits per heavy atom. The number of piperidine rings is 1. The van der Waals surface area contributed by atoms with Crippen molar-refractivity contribution in [1.82, 2.24) is 14.7 Å². The van der Waals surface area contributed by atoms with Crippen LogP contribution in [0.1, 0.15) is 24.1 Å². The lowest BCUT2D eigenvalue weighted by Crippen LogP contribution is -2.35. The molecule has 1 aliphatic rings. The second kappa shape index (κ2) is 6.21. The van der Waals surface area contributed by atoms with Gasteiger partial charge in [0, 0.05) is 26.7 Å². The van der Waals surface area contributed by atoms with Gasteiger partial charge in [-0.3, -0.25) is 4.90 Å². The minimum Gasteiger partial charge on any atom is -0.473 e. The largest absolute Gasteiger partial charge is 0.473 e. The van der Waals surface area contributed by atoms with Gasteiger partial charge >= 0.3 is 0 Å². The van der Waals surface area contributed by atoms with Crippen molar-refractivity contribution in [2.45, 2.75) is 32.4 Å². The first-order valence-corrected chi connectivity index (χ1v) is 6.78. The van der Waals surface area contributed by atoms with Crippen molar-refractivity contribution in [2.24, 2.45) is 7.05 Å². The molecule has 5 heteroatoms. The summed E-state index contributed by atoms with van der Waals surface area (Å²) < 4.78 is 7.49. The molecule has 0 saturated carbocycles. The Morgan fingerprint density at radius 3 is 2.79 bits per heavy atom. The number of aryl methyl sites for hydroxylation is 2. The highest BCUT2D eigenvalue weighted by Crippen LogP contribution is 2.24. The molecule has 0 unspecified atom stereocenters. The third-order valence-corrected chi connectivity index (χ3v) is 3.57. The van der Waals surface area contributed by atoms with Gasteiger partial charge in [0.25, 0.3) is 0 Å². The predicted octanol–water partition coefficient (Wildman–Crippen LogP) is 1.25. The molecule has 0 amide bonds. The lowest BCUT2D eigenvalue weighted by Gasteiger charge is -2.29. The Labute approximate surface area is 114 Å². The number of hydrogen-bond acceptors (Lipinski definition) is 4. The molecule has 2 rings (SSSR count). The van der Waals surface area contributed by atoms with Gasteiger partial charge in [0.15, 0.2) is 0 Å². The van der Waals surface area contributed by atoms with Crippen molar-refractivity contribution in [2.75, 3.05) is 19.7 Å². The van der Waals surface area contributed by atoms with Crippen molar-refractivity contribution < 1.29 is 9.84 Å². The standard InChI is InChI=1S/C14H23N3O2/c1-4-9-19-14-13(11(2)15-16(14)3)10-17-7-5-12(18)6-8-17/h4,12,18H,1,5-10H2,2-3H3. The molecule has 5 nitrogen and oxygen atoms in total. The fourth-order valence-electron chi connectivity index (χ4n) is 2.48. The molecule has 1 fully saturated rings. The summed E-state index contributed by atoms with van der Waals surface area (Å²) >= 11 is 0. The second-order valence-corrected chi connectivity index (χ2v) is 5.10. The number of rotatable bonds is 5. The first kappa shape index (κ1) is 14.1. The van der Waals surface area contributed by atoms with Crippen LogP contribution in [0.3, 0.4) is 0 Å². The molecule has 0 bridgehead atoms. The zero-order valence-corrected chi connectivity index (χ0v) is 11.8. The summed E-state index contributed by atoms with van der Waals surface area (Å²) in [5, 5.41) is 14.0. The van der Waals surface area contributed by atoms with Gasteiger partial charge in [0.05, 0.1) is 17.4 Å². The van der Waals surface area contributed by atoms with E-state index < -0.39 is 0 Å². The molecule has 0 aromatic carbocycles. The van der Waals surface area contributed by atoms with Crippen molar-refractivity contribution >= 4 is 0 Å². The van der Waals surface area contributed by atoms with Crippen LogP contribution in [-0.2, 0) is 13.6 Å². The minimum atomic E-state index is -0.136. The van der Waals surface area contributed by atoms with E-state index in [1.54, 1.807) is 10.8 Å². The van der Waals surface area contributed by atoms with Crippen LogP contribution >= 0.6 is 0 Å². The molecule has 2 heterocycles. The third kappa shape index (κ3) is 3.36. The van der Waals surface area contributed by atoms with Crippen LogP contribution in [0.25, 0.3) is 0 Å².